The van der Waals surface area contributed by atoms with Crippen molar-refractivity contribution < 1.29 is 27.5 Å². The zero-order valence-electron chi connectivity index (χ0n) is 13.2. The molecule has 0 unspecified atom stereocenters. The van der Waals surface area contributed by atoms with Crippen LogP contribution in [-0.4, -0.2) is 32.2 Å². The van der Waals surface area contributed by atoms with Gasteiger partial charge in [0, 0.05) is 12.0 Å². The minimum Gasteiger partial charge on any atom is -0.453 e. The predicted octanol–water partition coefficient (Wildman–Crippen LogP) is 2.60. The Morgan fingerprint density at radius 3 is 2.50 bits per heavy atom. The quantitative estimate of drug-likeness (QED) is 0.863. The third-order valence-electron chi connectivity index (χ3n) is 4.32. The Labute approximate surface area is 137 Å². The smallest absolute Gasteiger partial charge is 0.416 e. The molecular weight excluding hydrogens is 325 g/mol. The van der Waals surface area contributed by atoms with E-state index in [1.807, 2.05) is 0 Å². The Morgan fingerprint density at radius 1 is 1.25 bits per heavy atom. The maximum absolute atomic E-state index is 12.9. The minimum absolute atomic E-state index is 0.232. The standard InChI is InChI=1S/C16H19F3N2O3/c1-24-14(23)20-9-13(22)21-10-15(6-3-7-15)11-4-2-5-12(8-11)16(17,18)19/h2,4-5,8H,3,6-7,9-10H2,1H3,(H,20,23)(H,21,22). The monoisotopic (exact) mass is 344 g/mol. The Kier molecular flexibility index (Phi) is 5.36. The van der Waals surface area contributed by atoms with Crippen molar-refractivity contribution in [2.45, 2.75) is 30.9 Å². The summed E-state index contributed by atoms with van der Waals surface area (Å²) in [6.07, 6.45) is -2.81. The molecule has 0 aliphatic heterocycles. The van der Waals surface area contributed by atoms with Crippen LogP contribution >= 0.6 is 0 Å². The molecule has 0 heterocycles. The molecule has 2 amide bonds. The molecule has 1 fully saturated rings. The Bertz CT molecular complexity index is 613. The lowest BCUT2D eigenvalue weighted by molar-refractivity contribution is -0.137. The number of amides is 2. The summed E-state index contributed by atoms with van der Waals surface area (Å²) in [5.41, 5.74) is -0.600. The fourth-order valence-corrected chi connectivity index (χ4v) is 2.75. The zero-order valence-corrected chi connectivity index (χ0v) is 13.2. The van der Waals surface area contributed by atoms with E-state index < -0.39 is 29.2 Å². The lowest BCUT2D eigenvalue weighted by atomic mass is 9.64. The van der Waals surface area contributed by atoms with Gasteiger partial charge in [0.2, 0.25) is 5.91 Å². The second kappa shape index (κ2) is 7.11. The highest BCUT2D eigenvalue weighted by Crippen LogP contribution is 2.44. The molecule has 132 valence electrons. The van der Waals surface area contributed by atoms with Crippen LogP contribution < -0.4 is 10.6 Å². The average Bonchev–Trinajstić information content (AvgIpc) is 2.51. The maximum Gasteiger partial charge on any atom is 0.416 e. The molecule has 1 aliphatic rings. The van der Waals surface area contributed by atoms with E-state index >= 15 is 0 Å². The molecule has 0 aromatic heterocycles. The molecule has 0 atom stereocenters. The van der Waals surface area contributed by atoms with Crippen LogP contribution in [0.15, 0.2) is 24.3 Å². The number of methoxy groups -OCH3 is 1. The lowest BCUT2D eigenvalue weighted by Crippen LogP contribution is -2.47. The largest absolute Gasteiger partial charge is 0.453 e. The number of halogens is 3. The number of hydrogen-bond donors (Lipinski definition) is 2. The summed E-state index contributed by atoms with van der Waals surface area (Å²) in [4.78, 5) is 22.7. The van der Waals surface area contributed by atoms with Gasteiger partial charge in [-0.15, -0.1) is 0 Å². The van der Waals surface area contributed by atoms with Crippen LogP contribution in [0.25, 0.3) is 0 Å². The summed E-state index contributed by atoms with van der Waals surface area (Å²) >= 11 is 0. The number of ether oxygens (including phenoxy) is 1. The molecule has 1 aromatic carbocycles. The Balaban J connectivity index is 2.02. The molecule has 0 radical (unpaired) electrons. The molecule has 24 heavy (non-hydrogen) atoms. The average molecular weight is 344 g/mol. The van der Waals surface area contributed by atoms with Crippen molar-refractivity contribution >= 4 is 12.0 Å². The number of alkyl halides is 3. The molecule has 0 bridgehead atoms. The van der Waals surface area contributed by atoms with E-state index in [1.54, 1.807) is 6.07 Å². The highest BCUT2D eigenvalue weighted by atomic mass is 19.4. The van der Waals surface area contributed by atoms with Gasteiger partial charge in [-0.2, -0.15) is 13.2 Å². The number of nitrogens with one attached hydrogen (secondary N) is 2. The second-order valence-corrected chi connectivity index (χ2v) is 5.83. The van der Waals surface area contributed by atoms with Crippen molar-refractivity contribution in [1.82, 2.24) is 10.6 Å². The summed E-state index contributed by atoms with van der Waals surface area (Å²) in [6, 6.07) is 5.23. The summed E-state index contributed by atoms with van der Waals surface area (Å²) in [7, 11) is 1.18. The highest BCUT2D eigenvalue weighted by Gasteiger charge is 2.40. The summed E-state index contributed by atoms with van der Waals surface area (Å²) in [6.45, 7) is -0.0126. The Hall–Kier alpha value is -2.25. The number of hydrogen-bond acceptors (Lipinski definition) is 3. The summed E-state index contributed by atoms with van der Waals surface area (Å²) in [5.74, 6) is -0.418. The first-order chi connectivity index (χ1) is 11.3. The number of benzene rings is 1. The molecule has 0 saturated heterocycles. The third-order valence-corrected chi connectivity index (χ3v) is 4.32. The summed E-state index contributed by atoms with van der Waals surface area (Å²) < 4.78 is 43.0. The number of rotatable bonds is 5. The van der Waals surface area contributed by atoms with Crippen LogP contribution in [0.5, 0.6) is 0 Å². The van der Waals surface area contributed by atoms with Gasteiger partial charge >= 0.3 is 12.3 Å². The Morgan fingerprint density at radius 2 is 1.96 bits per heavy atom. The molecule has 1 saturated carbocycles. The normalized spacial score (nSPS) is 16.0. The maximum atomic E-state index is 12.9. The van der Waals surface area contributed by atoms with E-state index in [2.05, 4.69) is 15.4 Å². The molecule has 1 aromatic rings. The molecule has 0 spiro atoms. The highest BCUT2D eigenvalue weighted by molar-refractivity contribution is 5.82. The minimum atomic E-state index is -4.39. The first kappa shape index (κ1) is 18.1. The molecular formula is C16H19F3N2O3. The SMILES string of the molecule is COC(=O)NCC(=O)NCC1(c2cccc(C(F)(F)F)c2)CCC1. The third kappa shape index (κ3) is 4.18. The van der Waals surface area contributed by atoms with E-state index in [1.165, 1.54) is 13.2 Å². The molecule has 1 aliphatic carbocycles. The van der Waals surface area contributed by atoms with Crippen LogP contribution in [0.1, 0.15) is 30.4 Å². The van der Waals surface area contributed by atoms with Gasteiger partial charge in [0.1, 0.15) is 0 Å². The van der Waals surface area contributed by atoms with Gasteiger partial charge in [0.05, 0.1) is 19.2 Å². The van der Waals surface area contributed by atoms with Crippen LogP contribution in [0, 0.1) is 0 Å². The van der Waals surface area contributed by atoms with E-state index in [0.29, 0.717) is 18.4 Å². The van der Waals surface area contributed by atoms with E-state index in [9.17, 15) is 22.8 Å². The number of carbonyl (C=O) groups excluding carboxylic acids is 2. The van der Waals surface area contributed by atoms with Crippen molar-refractivity contribution in [2.75, 3.05) is 20.2 Å². The van der Waals surface area contributed by atoms with Gasteiger partial charge in [0.25, 0.3) is 0 Å². The number of carbonyl (C=O) groups is 2. The topological polar surface area (TPSA) is 67.4 Å². The molecule has 8 heteroatoms. The van der Waals surface area contributed by atoms with Crippen LogP contribution in [0.3, 0.4) is 0 Å². The van der Waals surface area contributed by atoms with Crippen molar-refractivity contribution in [3.8, 4) is 0 Å². The predicted molar refractivity (Wildman–Crippen MR) is 80.4 cm³/mol. The first-order valence-corrected chi connectivity index (χ1v) is 7.53. The van der Waals surface area contributed by atoms with E-state index in [0.717, 1.165) is 18.6 Å². The van der Waals surface area contributed by atoms with Gasteiger partial charge in [-0.25, -0.2) is 4.79 Å². The van der Waals surface area contributed by atoms with Crippen molar-refractivity contribution in [2.24, 2.45) is 0 Å². The van der Waals surface area contributed by atoms with Crippen LogP contribution in [0.2, 0.25) is 0 Å². The summed E-state index contributed by atoms with van der Waals surface area (Å²) in [5, 5.41) is 4.92. The van der Waals surface area contributed by atoms with Gasteiger partial charge < -0.3 is 15.4 Å². The van der Waals surface area contributed by atoms with Gasteiger partial charge in [0.15, 0.2) is 0 Å². The fourth-order valence-electron chi connectivity index (χ4n) is 2.75. The van der Waals surface area contributed by atoms with Gasteiger partial charge in [-0.05, 0) is 24.5 Å². The van der Waals surface area contributed by atoms with E-state index in [4.69, 9.17) is 0 Å². The zero-order chi connectivity index (χ0) is 17.8. The molecule has 2 rings (SSSR count). The van der Waals surface area contributed by atoms with Crippen LogP contribution in [0.4, 0.5) is 18.0 Å². The van der Waals surface area contributed by atoms with Crippen molar-refractivity contribution in [3.05, 3.63) is 35.4 Å². The molecule has 5 nitrogen and oxygen atoms in total. The molecule has 2 N–H and O–H groups in total. The van der Waals surface area contributed by atoms with Crippen LogP contribution in [-0.2, 0) is 21.1 Å². The van der Waals surface area contributed by atoms with E-state index in [-0.39, 0.29) is 13.1 Å². The van der Waals surface area contributed by atoms with Gasteiger partial charge in [-0.3, -0.25) is 4.79 Å². The van der Waals surface area contributed by atoms with Crippen molar-refractivity contribution in [3.63, 3.8) is 0 Å². The lowest BCUT2D eigenvalue weighted by Gasteiger charge is -2.43. The van der Waals surface area contributed by atoms with Crippen molar-refractivity contribution in [1.29, 1.82) is 0 Å². The van der Waals surface area contributed by atoms with Gasteiger partial charge in [-0.1, -0.05) is 24.6 Å². The fraction of sp³-hybridized carbons (Fsp3) is 0.500. The first-order valence-electron chi connectivity index (χ1n) is 7.53. The number of alkyl carbamates (subject to hydrolysis) is 1. The second-order valence-electron chi connectivity index (χ2n) is 5.83.